The van der Waals surface area contributed by atoms with E-state index in [1.54, 1.807) is 12.1 Å². The standard InChI is InChI=1S/C14H9BrClFO2/c1-8(18)9-2-4-14(12(16)6-9)19-13-5-3-10(17)7-11(13)15/h2-7H,1H3. The summed E-state index contributed by atoms with van der Waals surface area (Å²) < 4.78 is 19.0. The van der Waals surface area contributed by atoms with Crippen LogP contribution in [0.15, 0.2) is 40.9 Å². The number of carbonyl (C=O) groups excluding carboxylic acids is 1. The monoisotopic (exact) mass is 342 g/mol. The van der Waals surface area contributed by atoms with Crippen LogP contribution < -0.4 is 4.74 Å². The Morgan fingerprint density at radius 3 is 2.47 bits per heavy atom. The fourth-order valence-electron chi connectivity index (χ4n) is 1.48. The highest BCUT2D eigenvalue weighted by Crippen LogP contribution is 2.34. The van der Waals surface area contributed by atoms with E-state index in [1.807, 2.05) is 0 Å². The van der Waals surface area contributed by atoms with Gasteiger partial charge in [0.2, 0.25) is 0 Å². The normalized spacial score (nSPS) is 10.3. The first-order valence-corrected chi connectivity index (χ1v) is 6.58. The highest BCUT2D eigenvalue weighted by Gasteiger charge is 2.09. The zero-order valence-corrected chi connectivity index (χ0v) is 12.3. The van der Waals surface area contributed by atoms with Gasteiger partial charge in [0, 0.05) is 5.56 Å². The maximum Gasteiger partial charge on any atom is 0.159 e. The van der Waals surface area contributed by atoms with Gasteiger partial charge in [-0.3, -0.25) is 4.79 Å². The van der Waals surface area contributed by atoms with E-state index < -0.39 is 0 Å². The van der Waals surface area contributed by atoms with Crippen molar-refractivity contribution in [2.45, 2.75) is 6.92 Å². The largest absolute Gasteiger partial charge is 0.455 e. The summed E-state index contributed by atoms with van der Waals surface area (Å²) in [4.78, 5) is 11.2. The number of carbonyl (C=O) groups is 1. The van der Waals surface area contributed by atoms with Gasteiger partial charge in [0.25, 0.3) is 0 Å². The number of halogens is 3. The van der Waals surface area contributed by atoms with E-state index in [1.165, 1.54) is 31.2 Å². The van der Waals surface area contributed by atoms with Gasteiger partial charge in [-0.15, -0.1) is 0 Å². The molecule has 0 unspecified atom stereocenters. The predicted molar refractivity (Wildman–Crippen MR) is 75.6 cm³/mol. The first-order chi connectivity index (χ1) is 8.97. The molecule has 2 rings (SSSR count). The number of hydrogen-bond acceptors (Lipinski definition) is 2. The SMILES string of the molecule is CC(=O)c1ccc(Oc2ccc(F)cc2Br)c(Cl)c1. The molecule has 0 saturated carbocycles. The van der Waals surface area contributed by atoms with Crippen LogP contribution in [0.4, 0.5) is 4.39 Å². The first kappa shape index (κ1) is 14.0. The summed E-state index contributed by atoms with van der Waals surface area (Å²) in [5.41, 5.74) is 0.510. The zero-order chi connectivity index (χ0) is 14.0. The van der Waals surface area contributed by atoms with Gasteiger partial charge in [0.1, 0.15) is 17.3 Å². The van der Waals surface area contributed by atoms with Gasteiger partial charge < -0.3 is 4.74 Å². The van der Waals surface area contributed by atoms with Crippen molar-refractivity contribution in [3.05, 3.63) is 57.3 Å². The molecule has 5 heteroatoms. The van der Waals surface area contributed by atoms with Crippen LogP contribution in [0.1, 0.15) is 17.3 Å². The fraction of sp³-hybridized carbons (Fsp3) is 0.0714. The minimum absolute atomic E-state index is 0.0728. The number of ether oxygens (including phenoxy) is 1. The van der Waals surface area contributed by atoms with E-state index in [-0.39, 0.29) is 11.6 Å². The van der Waals surface area contributed by atoms with Crippen LogP contribution >= 0.6 is 27.5 Å². The topological polar surface area (TPSA) is 26.3 Å². The van der Waals surface area contributed by atoms with Gasteiger partial charge in [-0.1, -0.05) is 11.6 Å². The number of hydrogen-bond donors (Lipinski definition) is 0. The number of Topliss-reactive ketones (excluding diaryl/α,β-unsaturated/α-hetero) is 1. The smallest absolute Gasteiger partial charge is 0.159 e. The lowest BCUT2D eigenvalue weighted by atomic mass is 10.1. The van der Waals surface area contributed by atoms with Crippen molar-refractivity contribution in [2.24, 2.45) is 0 Å². The molecule has 0 atom stereocenters. The Kier molecular flexibility index (Phi) is 4.22. The van der Waals surface area contributed by atoms with Crippen LogP contribution in [0, 0.1) is 5.82 Å². The molecule has 0 fully saturated rings. The van der Waals surface area contributed by atoms with E-state index in [2.05, 4.69) is 15.9 Å². The molecule has 0 saturated heterocycles. The minimum Gasteiger partial charge on any atom is -0.455 e. The fourth-order valence-corrected chi connectivity index (χ4v) is 2.13. The summed E-state index contributed by atoms with van der Waals surface area (Å²) in [5, 5.41) is 0.323. The van der Waals surface area contributed by atoms with Crippen LogP contribution in [0.25, 0.3) is 0 Å². The molecule has 19 heavy (non-hydrogen) atoms. The lowest BCUT2D eigenvalue weighted by molar-refractivity contribution is 0.101. The van der Waals surface area contributed by atoms with Gasteiger partial charge in [-0.2, -0.15) is 0 Å². The Hall–Kier alpha value is -1.39. The molecule has 2 aromatic carbocycles. The molecule has 0 aliphatic heterocycles. The molecule has 0 radical (unpaired) electrons. The predicted octanol–water partition coefficient (Wildman–Crippen LogP) is 5.24. The van der Waals surface area contributed by atoms with E-state index in [9.17, 15) is 9.18 Å². The number of benzene rings is 2. The van der Waals surface area contributed by atoms with Gasteiger partial charge in [0.15, 0.2) is 5.78 Å². The molecule has 0 aliphatic rings. The Balaban J connectivity index is 2.31. The highest BCUT2D eigenvalue weighted by molar-refractivity contribution is 9.10. The van der Waals surface area contributed by atoms with Crippen molar-refractivity contribution in [3.8, 4) is 11.5 Å². The average molecular weight is 344 g/mol. The number of ketones is 1. The van der Waals surface area contributed by atoms with Gasteiger partial charge >= 0.3 is 0 Å². The molecular formula is C14H9BrClFO2. The minimum atomic E-state index is -0.364. The van der Waals surface area contributed by atoms with E-state index in [4.69, 9.17) is 16.3 Å². The molecule has 0 aromatic heterocycles. The summed E-state index contributed by atoms with van der Waals surface area (Å²) in [7, 11) is 0. The molecule has 0 spiro atoms. The highest BCUT2D eigenvalue weighted by atomic mass is 79.9. The third-order valence-electron chi connectivity index (χ3n) is 2.45. The van der Waals surface area contributed by atoms with Crippen LogP contribution in [-0.2, 0) is 0 Å². The van der Waals surface area contributed by atoms with Gasteiger partial charge in [-0.25, -0.2) is 4.39 Å². The third kappa shape index (κ3) is 3.33. The summed E-state index contributed by atoms with van der Waals surface area (Å²) in [6, 6.07) is 8.85. The van der Waals surface area contributed by atoms with Crippen LogP contribution in [-0.4, -0.2) is 5.78 Å². The molecule has 0 amide bonds. The van der Waals surface area contributed by atoms with Gasteiger partial charge in [-0.05, 0) is 59.3 Å². The Morgan fingerprint density at radius 1 is 1.21 bits per heavy atom. The molecule has 0 N–H and O–H groups in total. The first-order valence-electron chi connectivity index (χ1n) is 5.41. The Bertz CT molecular complexity index is 643. The second kappa shape index (κ2) is 5.72. The van der Waals surface area contributed by atoms with Crippen molar-refractivity contribution >= 4 is 33.3 Å². The van der Waals surface area contributed by atoms with Crippen LogP contribution in [0.2, 0.25) is 5.02 Å². The Morgan fingerprint density at radius 2 is 1.89 bits per heavy atom. The molecule has 0 heterocycles. The zero-order valence-electron chi connectivity index (χ0n) is 9.91. The molecule has 0 bridgehead atoms. The third-order valence-corrected chi connectivity index (χ3v) is 3.37. The van der Waals surface area contributed by atoms with Crippen molar-refractivity contribution in [1.82, 2.24) is 0 Å². The second-order valence-corrected chi connectivity index (χ2v) is 5.14. The molecular weight excluding hydrogens is 335 g/mol. The summed E-state index contributed by atoms with van der Waals surface area (Å²) in [6.45, 7) is 1.46. The summed E-state index contributed by atoms with van der Waals surface area (Å²) >= 11 is 9.25. The van der Waals surface area contributed by atoms with E-state index in [0.29, 0.717) is 26.6 Å². The molecule has 2 aromatic rings. The van der Waals surface area contributed by atoms with Crippen LogP contribution in [0.5, 0.6) is 11.5 Å². The van der Waals surface area contributed by atoms with Crippen LogP contribution in [0.3, 0.4) is 0 Å². The van der Waals surface area contributed by atoms with Crippen molar-refractivity contribution in [1.29, 1.82) is 0 Å². The average Bonchev–Trinajstić information content (AvgIpc) is 2.34. The number of rotatable bonds is 3. The van der Waals surface area contributed by atoms with E-state index >= 15 is 0 Å². The maximum absolute atomic E-state index is 13.0. The van der Waals surface area contributed by atoms with Crippen molar-refractivity contribution < 1.29 is 13.9 Å². The maximum atomic E-state index is 13.0. The second-order valence-electron chi connectivity index (χ2n) is 3.88. The Labute approximate surface area is 123 Å². The lowest BCUT2D eigenvalue weighted by Crippen LogP contribution is -1.93. The summed E-state index contributed by atoms with van der Waals surface area (Å²) in [6.07, 6.45) is 0. The summed E-state index contributed by atoms with van der Waals surface area (Å²) in [5.74, 6) is 0.409. The van der Waals surface area contributed by atoms with Crippen molar-refractivity contribution in [3.63, 3.8) is 0 Å². The van der Waals surface area contributed by atoms with Crippen molar-refractivity contribution in [2.75, 3.05) is 0 Å². The molecule has 0 aliphatic carbocycles. The quantitative estimate of drug-likeness (QED) is 0.713. The lowest BCUT2D eigenvalue weighted by Gasteiger charge is -2.10. The van der Waals surface area contributed by atoms with Gasteiger partial charge in [0.05, 0.1) is 9.50 Å². The molecule has 98 valence electrons. The van der Waals surface area contributed by atoms with E-state index in [0.717, 1.165) is 0 Å². The molecule has 2 nitrogen and oxygen atoms in total.